The van der Waals surface area contributed by atoms with Gasteiger partial charge in [-0.2, -0.15) is 13.2 Å². The molecule has 0 radical (unpaired) electrons. The van der Waals surface area contributed by atoms with Crippen LogP contribution in [0.5, 0.6) is 0 Å². The number of rotatable bonds is 7. The first-order valence-electron chi connectivity index (χ1n) is 14.7. The predicted molar refractivity (Wildman–Crippen MR) is 170 cm³/mol. The quantitative estimate of drug-likeness (QED) is 0.247. The van der Waals surface area contributed by atoms with Crippen molar-refractivity contribution in [3.05, 3.63) is 65.2 Å². The molecule has 0 spiro atoms. The molecule has 1 N–H and O–H groups in total. The number of halogens is 3. The van der Waals surface area contributed by atoms with Crippen LogP contribution in [0.4, 0.5) is 34.1 Å². The molecule has 0 bridgehead atoms. The molecule has 1 fully saturated rings. The van der Waals surface area contributed by atoms with E-state index in [4.69, 9.17) is 4.74 Å². The molecule has 1 heterocycles. The van der Waals surface area contributed by atoms with Crippen molar-refractivity contribution in [1.82, 2.24) is 10.2 Å². The number of allylic oxidation sites excluding steroid dienone is 1. The zero-order chi connectivity index (χ0) is 33.7. The zero-order valence-corrected chi connectivity index (χ0v) is 27.1. The number of unbranched alkanes of at least 4 members (excludes halogenated alkanes) is 1. The molecule has 11 heteroatoms. The number of urea groups is 1. The van der Waals surface area contributed by atoms with Crippen LogP contribution in [0.3, 0.4) is 0 Å². The highest BCUT2D eigenvalue weighted by atomic mass is 19.4. The molecule has 1 aliphatic rings. The van der Waals surface area contributed by atoms with Crippen LogP contribution in [-0.4, -0.2) is 41.3 Å². The largest absolute Gasteiger partial charge is 0.443 e. The van der Waals surface area contributed by atoms with E-state index in [-0.39, 0.29) is 18.8 Å². The molecular formula is C33H45F3N4O4. The second-order valence-corrected chi connectivity index (χ2v) is 10.5. The molecule has 4 amide bonds. The Morgan fingerprint density at radius 2 is 1.61 bits per heavy atom. The summed E-state index contributed by atoms with van der Waals surface area (Å²) in [5, 5.41) is 2.22. The third kappa shape index (κ3) is 11.2. The number of nitrogens with zero attached hydrogens (tertiary/aromatic N) is 3. The first kappa shape index (κ1) is 37.9. The van der Waals surface area contributed by atoms with Crippen molar-refractivity contribution < 1.29 is 32.3 Å². The summed E-state index contributed by atoms with van der Waals surface area (Å²) in [6.45, 7) is 16.9. The van der Waals surface area contributed by atoms with Gasteiger partial charge in [-0.1, -0.05) is 52.7 Å². The Kier molecular flexibility index (Phi) is 14.8. The molecule has 242 valence electrons. The van der Waals surface area contributed by atoms with Crippen molar-refractivity contribution in [3.8, 4) is 0 Å². The lowest BCUT2D eigenvalue weighted by atomic mass is 10.0. The number of amides is 4. The number of hydrogen-bond donors (Lipinski definition) is 1. The average Bonchev–Trinajstić information content (AvgIpc) is 3.28. The smallest absolute Gasteiger partial charge is 0.419 e. The lowest BCUT2D eigenvalue weighted by Gasteiger charge is -2.29. The maximum absolute atomic E-state index is 13.4. The molecule has 0 aliphatic carbocycles. The fourth-order valence-electron chi connectivity index (χ4n) is 3.80. The molecule has 3 rings (SSSR count). The van der Waals surface area contributed by atoms with Crippen LogP contribution in [0.2, 0.25) is 0 Å². The number of benzene rings is 2. The predicted octanol–water partition coefficient (Wildman–Crippen LogP) is 9.11. The Balaban J connectivity index is 0.00000149. The highest BCUT2D eigenvalue weighted by Gasteiger charge is 2.32. The van der Waals surface area contributed by atoms with Gasteiger partial charge in [0.2, 0.25) is 5.91 Å². The van der Waals surface area contributed by atoms with Gasteiger partial charge in [-0.15, -0.1) is 0 Å². The molecule has 0 unspecified atom stereocenters. The Morgan fingerprint density at radius 3 is 2.05 bits per heavy atom. The third-order valence-electron chi connectivity index (χ3n) is 5.89. The third-order valence-corrected chi connectivity index (χ3v) is 5.89. The summed E-state index contributed by atoms with van der Waals surface area (Å²) in [6, 6.07) is 8.66. The SMILES string of the molecule is CC.CC=N/C(=C\C)c1cc(CN2CC(=O)NC2=O)ccc1N(C(=O)OC(C)(C)C)c1ccc(C(F)(F)F)cc1.CCCC. The summed E-state index contributed by atoms with van der Waals surface area (Å²) in [4.78, 5) is 44.0. The zero-order valence-electron chi connectivity index (χ0n) is 27.1. The number of alkyl halides is 3. The summed E-state index contributed by atoms with van der Waals surface area (Å²) in [5.41, 5.74) is 0.318. The lowest BCUT2D eigenvalue weighted by molar-refractivity contribution is -0.137. The van der Waals surface area contributed by atoms with Crippen molar-refractivity contribution in [1.29, 1.82) is 0 Å². The Hall–Kier alpha value is -4.15. The van der Waals surface area contributed by atoms with E-state index < -0.39 is 35.4 Å². The van der Waals surface area contributed by atoms with Crippen LogP contribution in [0.15, 0.2) is 53.5 Å². The van der Waals surface area contributed by atoms with Gasteiger partial charge in [0.15, 0.2) is 0 Å². The second kappa shape index (κ2) is 17.2. The number of imide groups is 1. The van der Waals surface area contributed by atoms with Crippen molar-refractivity contribution in [2.75, 3.05) is 11.4 Å². The number of hydrogen-bond acceptors (Lipinski definition) is 5. The minimum atomic E-state index is -4.54. The molecule has 0 atom stereocenters. The van der Waals surface area contributed by atoms with Crippen LogP contribution in [-0.2, 0) is 22.3 Å². The van der Waals surface area contributed by atoms with Gasteiger partial charge < -0.3 is 9.64 Å². The number of carbonyl (C=O) groups is 3. The van der Waals surface area contributed by atoms with Crippen molar-refractivity contribution in [2.45, 2.75) is 93.5 Å². The monoisotopic (exact) mass is 618 g/mol. The normalized spacial score (nSPS) is 13.5. The van der Waals surface area contributed by atoms with Crippen LogP contribution >= 0.6 is 0 Å². The van der Waals surface area contributed by atoms with E-state index in [1.165, 1.54) is 34.8 Å². The molecule has 1 aliphatic heterocycles. The Labute approximate surface area is 259 Å². The van der Waals surface area contributed by atoms with E-state index in [0.717, 1.165) is 12.1 Å². The number of carbonyl (C=O) groups excluding carboxylic acids is 3. The first-order chi connectivity index (χ1) is 20.6. The van der Waals surface area contributed by atoms with Gasteiger partial charge in [-0.25, -0.2) is 14.5 Å². The average molecular weight is 619 g/mol. The summed E-state index contributed by atoms with van der Waals surface area (Å²) in [6.07, 6.45) is 0.578. The Morgan fingerprint density at radius 1 is 1.02 bits per heavy atom. The number of aliphatic imine (C=N–C) groups is 1. The Bertz CT molecular complexity index is 1310. The summed E-state index contributed by atoms with van der Waals surface area (Å²) in [7, 11) is 0. The van der Waals surface area contributed by atoms with Gasteiger partial charge in [-0.05, 0) is 76.6 Å². The maximum atomic E-state index is 13.4. The van der Waals surface area contributed by atoms with Crippen molar-refractivity contribution in [2.24, 2.45) is 4.99 Å². The molecule has 0 saturated carbocycles. The van der Waals surface area contributed by atoms with E-state index in [1.54, 1.807) is 65.1 Å². The van der Waals surface area contributed by atoms with E-state index in [1.807, 2.05) is 13.8 Å². The fraction of sp³-hybridized carbons (Fsp3) is 0.455. The summed E-state index contributed by atoms with van der Waals surface area (Å²) in [5.74, 6) is -0.407. The highest BCUT2D eigenvalue weighted by molar-refractivity contribution is 6.02. The molecule has 1 saturated heterocycles. The van der Waals surface area contributed by atoms with Crippen LogP contribution < -0.4 is 10.2 Å². The minimum absolute atomic E-state index is 0.0882. The van der Waals surface area contributed by atoms with Crippen LogP contribution in [0, 0.1) is 0 Å². The van der Waals surface area contributed by atoms with Crippen LogP contribution in [0.25, 0.3) is 5.70 Å². The van der Waals surface area contributed by atoms with E-state index in [0.29, 0.717) is 22.5 Å². The van der Waals surface area contributed by atoms with E-state index in [9.17, 15) is 27.6 Å². The van der Waals surface area contributed by atoms with Gasteiger partial charge in [0.05, 0.1) is 22.6 Å². The molecule has 8 nitrogen and oxygen atoms in total. The molecule has 44 heavy (non-hydrogen) atoms. The summed E-state index contributed by atoms with van der Waals surface area (Å²) < 4.78 is 45.2. The standard InChI is InChI=1S/C27H29F3N4O4.C4H10.C2H6/c1-6-21(31-7-2)20-14-17(15-33-16-23(35)32-24(33)36)8-13-22(20)34(25(37)38-26(3,4)5)19-11-9-18(10-12-19)27(28,29)30;1-3-4-2;1-2/h6-14H,15-16H2,1-5H3,(H,32,35,36);3-4H2,1-2H3;1-2H3/b21-6-,31-7?;;. The van der Waals surface area contributed by atoms with Gasteiger partial charge in [0.1, 0.15) is 12.1 Å². The number of nitrogens with one attached hydrogen (secondary N) is 1. The van der Waals surface area contributed by atoms with Crippen LogP contribution in [0.1, 0.15) is 91.8 Å². The number of anilines is 2. The van der Waals surface area contributed by atoms with Gasteiger partial charge >= 0.3 is 18.3 Å². The first-order valence-corrected chi connectivity index (χ1v) is 14.7. The van der Waals surface area contributed by atoms with Crippen molar-refractivity contribution in [3.63, 3.8) is 0 Å². The second-order valence-electron chi connectivity index (χ2n) is 10.5. The van der Waals surface area contributed by atoms with E-state index >= 15 is 0 Å². The van der Waals surface area contributed by atoms with Crippen molar-refractivity contribution >= 4 is 41.3 Å². The molecule has 0 aromatic heterocycles. The topological polar surface area (TPSA) is 91.3 Å². The van der Waals surface area contributed by atoms with Gasteiger partial charge in [0.25, 0.3) is 0 Å². The number of ether oxygens (including phenoxy) is 1. The minimum Gasteiger partial charge on any atom is -0.443 e. The molecule has 2 aromatic carbocycles. The fourth-order valence-corrected chi connectivity index (χ4v) is 3.80. The van der Waals surface area contributed by atoms with Gasteiger partial charge in [0, 0.05) is 18.3 Å². The summed E-state index contributed by atoms with van der Waals surface area (Å²) >= 11 is 0. The van der Waals surface area contributed by atoms with E-state index in [2.05, 4.69) is 24.2 Å². The maximum Gasteiger partial charge on any atom is 0.419 e. The highest BCUT2D eigenvalue weighted by Crippen LogP contribution is 2.37. The molecule has 2 aromatic rings. The molecular weight excluding hydrogens is 573 g/mol. The lowest BCUT2D eigenvalue weighted by Crippen LogP contribution is -2.34. The van der Waals surface area contributed by atoms with Gasteiger partial charge in [-0.3, -0.25) is 15.1 Å².